The van der Waals surface area contributed by atoms with Crippen LogP contribution in [0.5, 0.6) is 5.75 Å². The molecule has 0 amide bonds. The van der Waals surface area contributed by atoms with Gasteiger partial charge in [0.15, 0.2) is 0 Å². The van der Waals surface area contributed by atoms with Gasteiger partial charge in [-0.25, -0.2) is 0 Å². The lowest BCUT2D eigenvalue weighted by Gasteiger charge is -2.03. The standard InChI is InChI=1S/C18H21NO/c1-3-4-7-15-10-12-17(13-11-15)19-14-16-8-5-6-9-18(16)20-2/h5-6,8-14H,3-4,7H2,1-2H3. The van der Waals surface area contributed by atoms with Gasteiger partial charge in [0.1, 0.15) is 5.75 Å². The molecule has 0 spiro atoms. The van der Waals surface area contributed by atoms with Crippen molar-refractivity contribution in [3.8, 4) is 5.75 Å². The van der Waals surface area contributed by atoms with Crippen LogP contribution >= 0.6 is 0 Å². The zero-order valence-electron chi connectivity index (χ0n) is 12.2. The predicted octanol–water partition coefficient (Wildman–Crippen LogP) is 4.79. The summed E-state index contributed by atoms with van der Waals surface area (Å²) in [6, 6.07) is 16.3. The molecule has 0 heterocycles. The van der Waals surface area contributed by atoms with Crippen LogP contribution in [0.25, 0.3) is 0 Å². The number of hydrogen-bond acceptors (Lipinski definition) is 2. The van der Waals surface area contributed by atoms with Crippen LogP contribution in [-0.2, 0) is 6.42 Å². The second-order valence-electron chi connectivity index (χ2n) is 4.77. The molecule has 0 radical (unpaired) electrons. The number of nitrogens with zero attached hydrogens (tertiary/aromatic N) is 1. The summed E-state index contributed by atoms with van der Waals surface area (Å²) in [5.41, 5.74) is 3.34. The molecule has 0 aromatic heterocycles. The number of ether oxygens (including phenoxy) is 1. The molecule has 20 heavy (non-hydrogen) atoms. The summed E-state index contributed by atoms with van der Waals surface area (Å²) in [6.07, 6.45) is 5.46. The summed E-state index contributed by atoms with van der Waals surface area (Å²) in [5, 5.41) is 0. The highest BCUT2D eigenvalue weighted by Crippen LogP contribution is 2.18. The zero-order chi connectivity index (χ0) is 14.2. The molecule has 0 unspecified atom stereocenters. The number of unbranched alkanes of at least 4 members (excludes halogenated alkanes) is 1. The van der Waals surface area contributed by atoms with Crippen LogP contribution in [0.3, 0.4) is 0 Å². The van der Waals surface area contributed by atoms with Gasteiger partial charge in [-0.1, -0.05) is 37.6 Å². The number of methoxy groups -OCH3 is 1. The van der Waals surface area contributed by atoms with Crippen molar-refractivity contribution in [2.75, 3.05) is 7.11 Å². The van der Waals surface area contributed by atoms with E-state index in [1.54, 1.807) is 7.11 Å². The third-order valence-electron chi connectivity index (χ3n) is 3.25. The van der Waals surface area contributed by atoms with Gasteiger partial charge in [0, 0.05) is 11.8 Å². The summed E-state index contributed by atoms with van der Waals surface area (Å²) in [4.78, 5) is 4.50. The number of para-hydroxylation sites is 1. The van der Waals surface area contributed by atoms with Gasteiger partial charge >= 0.3 is 0 Å². The van der Waals surface area contributed by atoms with Gasteiger partial charge in [-0.05, 0) is 42.7 Å². The van der Waals surface area contributed by atoms with Crippen LogP contribution in [0.15, 0.2) is 53.5 Å². The average Bonchev–Trinajstić information content (AvgIpc) is 2.52. The molecule has 0 aliphatic rings. The lowest BCUT2D eigenvalue weighted by Crippen LogP contribution is -1.89. The molecule has 0 aliphatic heterocycles. The Morgan fingerprint density at radius 1 is 1.05 bits per heavy atom. The molecular formula is C18H21NO. The third-order valence-corrected chi connectivity index (χ3v) is 3.25. The number of rotatable bonds is 6. The van der Waals surface area contributed by atoms with Crippen molar-refractivity contribution >= 4 is 11.9 Å². The Morgan fingerprint density at radius 3 is 2.50 bits per heavy atom. The lowest BCUT2D eigenvalue weighted by atomic mass is 10.1. The lowest BCUT2D eigenvalue weighted by molar-refractivity contribution is 0.414. The molecule has 2 aromatic rings. The molecule has 0 aliphatic carbocycles. The molecule has 0 N–H and O–H groups in total. The van der Waals surface area contributed by atoms with E-state index in [0.29, 0.717) is 0 Å². The summed E-state index contributed by atoms with van der Waals surface area (Å²) in [7, 11) is 1.68. The Balaban J connectivity index is 2.07. The maximum absolute atomic E-state index is 5.31. The molecular weight excluding hydrogens is 246 g/mol. The minimum atomic E-state index is 0.843. The van der Waals surface area contributed by atoms with Gasteiger partial charge in [-0.3, -0.25) is 4.99 Å². The normalized spacial score (nSPS) is 10.9. The van der Waals surface area contributed by atoms with Crippen LogP contribution in [0.2, 0.25) is 0 Å². The fourth-order valence-electron chi connectivity index (χ4n) is 2.05. The van der Waals surface area contributed by atoms with E-state index in [9.17, 15) is 0 Å². The highest BCUT2D eigenvalue weighted by molar-refractivity contribution is 5.85. The predicted molar refractivity (Wildman–Crippen MR) is 85.3 cm³/mol. The zero-order valence-corrected chi connectivity index (χ0v) is 12.2. The van der Waals surface area contributed by atoms with Crippen LogP contribution in [0.4, 0.5) is 5.69 Å². The number of aliphatic imine (C=N–C) groups is 1. The summed E-state index contributed by atoms with van der Waals surface area (Å²) in [6.45, 7) is 2.21. The first kappa shape index (κ1) is 14.3. The molecule has 0 saturated heterocycles. The first-order chi connectivity index (χ1) is 9.83. The molecule has 2 heteroatoms. The van der Waals surface area contributed by atoms with Gasteiger partial charge < -0.3 is 4.74 Å². The van der Waals surface area contributed by atoms with Gasteiger partial charge in [-0.2, -0.15) is 0 Å². The topological polar surface area (TPSA) is 21.6 Å². The van der Waals surface area contributed by atoms with E-state index in [2.05, 4.69) is 36.2 Å². The largest absolute Gasteiger partial charge is 0.496 e. The van der Waals surface area contributed by atoms with Gasteiger partial charge in [-0.15, -0.1) is 0 Å². The fourth-order valence-corrected chi connectivity index (χ4v) is 2.05. The Bertz CT molecular complexity index is 558. The quantitative estimate of drug-likeness (QED) is 0.690. The van der Waals surface area contributed by atoms with Crippen LogP contribution in [0, 0.1) is 0 Å². The van der Waals surface area contributed by atoms with Crippen molar-refractivity contribution in [3.63, 3.8) is 0 Å². The first-order valence-electron chi connectivity index (χ1n) is 7.09. The molecule has 104 valence electrons. The maximum atomic E-state index is 5.31. The molecule has 0 saturated carbocycles. The van der Waals surface area contributed by atoms with Gasteiger partial charge in [0.25, 0.3) is 0 Å². The number of aryl methyl sites for hydroxylation is 1. The van der Waals surface area contributed by atoms with Gasteiger partial charge in [0.2, 0.25) is 0 Å². The SMILES string of the molecule is CCCCc1ccc(N=Cc2ccccc2OC)cc1. The number of benzene rings is 2. The van der Waals surface area contributed by atoms with Crippen LogP contribution in [0.1, 0.15) is 30.9 Å². The summed E-state index contributed by atoms with van der Waals surface area (Å²) < 4.78 is 5.31. The van der Waals surface area contributed by atoms with E-state index < -0.39 is 0 Å². The fraction of sp³-hybridized carbons (Fsp3) is 0.278. The van der Waals surface area contributed by atoms with Crippen molar-refractivity contribution in [2.24, 2.45) is 4.99 Å². The molecule has 2 aromatic carbocycles. The highest BCUT2D eigenvalue weighted by Gasteiger charge is 1.98. The molecule has 0 fully saturated rings. The first-order valence-corrected chi connectivity index (χ1v) is 7.09. The Kier molecular flexibility index (Phi) is 5.36. The maximum Gasteiger partial charge on any atom is 0.127 e. The highest BCUT2D eigenvalue weighted by atomic mass is 16.5. The van der Waals surface area contributed by atoms with E-state index in [1.165, 1.54) is 18.4 Å². The molecule has 0 bridgehead atoms. The Labute approximate surface area is 121 Å². The minimum Gasteiger partial charge on any atom is -0.496 e. The van der Waals surface area contributed by atoms with Crippen molar-refractivity contribution in [1.82, 2.24) is 0 Å². The van der Waals surface area contributed by atoms with E-state index in [0.717, 1.165) is 23.4 Å². The minimum absolute atomic E-state index is 0.843. The Morgan fingerprint density at radius 2 is 1.80 bits per heavy atom. The second kappa shape index (κ2) is 7.49. The van der Waals surface area contributed by atoms with E-state index >= 15 is 0 Å². The number of hydrogen-bond donors (Lipinski definition) is 0. The molecule has 2 rings (SSSR count). The van der Waals surface area contributed by atoms with Crippen molar-refractivity contribution < 1.29 is 4.74 Å². The smallest absolute Gasteiger partial charge is 0.127 e. The summed E-state index contributed by atoms with van der Waals surface area (Å²) >= 11 is 0. The van der Waals surface area contributed by atoms with Gasteiger partial charge in [0.05, 0.1) is 12.8 Å². The Hall–Kier alpha value is -2.09. The third kappa shape index (κ3) is 3.95. The molecule has 2 nitrogen and oxygen atoms in total. The van der Waals surface area contributed by atoms with Crippen LogP contribution < -0.4 is 4.74 Å². The van der Waals surface area contributed by atoms with Crippen molar-refractivity contribution in [1.29, 1.82) is 0 Å². The summed E-state index contributed by atoms with van der Waals surface area (Å²) in [5.74, 6) is 0.843. The molecule has 0 atom stereocenters. The van der Waals surface area contributed by atoms with Crippen LogP contribution in [-0.4, -0.2) is 13.3 Å². The second-order valence-corrected chi connectivity index (χ2v) is 4.77. The van der Waals surface area contributed by atoms with Crippen molar-refractivity contribution in [2.45, 2.75) is 26.2 Å². The monoisotopic (exact) mass is 267 g/mol. The van der Waals surface area contributed by atoms with Crippen molar-refractivity contribution in [3.05, 3.63) is 59.7 Å². The van der Waals surface area contributed by atoms with E-state index in [-0.39, 0.29) is 0 Å². The average molecular weight is 267 g/mol. The van der Waals surface area contributed by atoms with E-state index in [4.69, 9.17) is 4.74 Å². The van der Waals surface area contributed by atoms with E-state index in [1.807, 2.05) is 30.5 Å².